The molecule has 3 aromatic rings. The van der Waals surface area contributed by atoms with Gasteiger partial charge in [-0.3, -0.25) is 4.79 Å². The lowest BCUT2D eigenvalue weighted by Gasteiger charge is -2.05. The Morgan fingerprint density at radius 3 is 2.67 bits per heavy atom. The smallest absolute Gasteiger partial charge is 0.316 e. The Labute approximate surface area is 150 Å². The third-order valence-corrected chi connectivity index (χ3v) is 4.94. The maximum Gasteiger partial charge on any atom is 0.316 e. The van der Waals surface area contributed by atoms with Crippen molar-refractivity contribution in [2.75, 3.05) is 12.4 Å². The standard InChI is InChI=1S/C19H18ClNO2S/c1-2-23-19(22)13-24-18-12-21(17-6-4-3-5-16(17)18)11-14-7-9-15(20)10-8-14/h3-10,12H,2,11,13H2,1H3. The topological polar surface area (TPSA) is 31.2 Å². The van der Waals surface area contributed by atoms with E-state index in [2.05, 4.69) is 22.9 Å². The summed E-state index contributed by atoms with van der Waals surface area (Å²) in [7, 11) is 0. The highest BCUT2D eigenvalue weighted by Gasteiger charge is 2.11. The molecule has 0 radical (unpaired) electrons. The van der Waals surface area contributed by atoms with E-state index in [0.29, 0.717) is 12.4 Å². The van der Waals surface area contributed by atoms with E-state index in [1.807, 2.05) is 43.3 Å². The van der Waals surface area contributed by atoms with Crippen molar-refractivity contribution in [1.82, 2.24) is 4.57 Å². The van der Waals surface area contributed by atoms with Gasteiger partial charge in [0, 0.05) is 33.6 Å². The summed E-state index contributed by atoms with van der Waals surface area (Å²) in [6.07, 6.45) is 2.10. The summed E-state index contributed by atoms with van der Waals surface area (Å²) >= 11 is 7.47. The Balaban J connectivity index is 1.85. The van der Waals surface area contributed by atoms with Crippen molar-refractivity contribution in [3.63, 3.8) is 0 Å². The summed E-state index contributed by atoms with van der Waals surface area (Å²) in [6, 6.07) is 16.1. The van der Waals surface area contributed by atoms with E-state index in [1.54, 1.807) is 0 Å². The van der Waals surface area contributed by atoms with Gasteiger partial charge < -0.3 is 9.30 Å². The van der Waals surface area contributed by atoms with Crippen LogP contribution in [0.4, 0.5) is 0 Å². The van der Waals surface area contributed by atoms with E-state index in [0.717, 1.165) is 27.4 Å². The lowest BCUT2D eigenvalue weighted by Crippen LogP contribution is -2.06. The van der Waals surface area contributed by atoms with Crippen molar-refractivity contribution < 1.29 is 9.53 Å². The first kappa shape index (κ1) is 16.9. The van der Waals surface area contributed by atoms with Gasteiger partial charge in [0.2, 0.25) is 0 Å². The molecule has 24 heavy (non-hydrogen) atoms. The summed E-state index contributed by atoms with van der Waals surface area (Å²) in [6.45, 7) is 3.00. The predicted octanol–water partition coefficient (Wildman–Crippen LogP) is 5.00. The molecule has 0 aliphatic rings. The highest BCUT2D eigenvalue weighted by Crippen LogP contribution is 2.30. The highest BCUT2D eigenvalue weighted by atomic mass is 35.5. The molecule has 0 aliphatic carbocycles. The second-order valence-corrected chi connectivity index (χ2v) is 6.81. The van der Waals surface area contributed by atoms with Gasteiger partial charge in [0.1, 0.15) is 0 Å². The average Bonchev–Trinajstić information content (AvgIpc) is 2.93. The summed E-state index contributed by atoms with van der Waals surface area (Å²) in [4.78, 5) is 12.7. The Morgan fingerprint density at radius 1 is 1.17 bits per heavy atom. The molecule has 0 N–H and O–H groups in total. The summed E-state index contributed by atoms with van der Waals surface area (Å²) in [5.41, 5.74) is 2.33. The number of benzene rings is 2. The monoisotopic (exact) mass is 359 g/mol. The molecule has 0 unspecified atom stereocenters. The van der Waals surface area contributed by atoms with Crippen LogP contribution in [-0.2, 0) is 16.1 Å². The van der Waals surface area contributed by atoms with Crippen LogP contribution in [-0.4, -0.2) is 22.9 Å². The molecule has 3 rings (SSSR count). The maximum atomic E-state index is 11.6. The van der Waals surface area contributed by atoms with Gasteiger partial charge in [-0.15, -0.1) is 11.8 Å². The molecule has 1 aromatic heterocycles. The molecule has 0 saturated heterocycles. The van der Waals surface area contributed by atoms with Gasteiger partial charge >= 0.3 is 5.97 Å². The van der Waals surface area contributed by atoms with E-state index < -0.39 is 0 Å². The largest absolute Gasteiger partial charge is 0.465 e. The predicted molar refractivity (Wildman–Crippen MR) is 99.8 cm³/mol. The SMILES string of the molecule is CCOC(=O)CSc1cn(Cc2ccc(Cl)cc2)c2ccccc12. The molecule has 1 heterocycles. The molecule has 0 atom stereocenters. The number of thioether (sulfide) groups is 1. The summed E-state index contributed by atoms with van der Waals surface area (Å²) < 4.78 is 7.21. The van der Waals surface area contributed by atoms with E-state index >= 15 is 0 Å². The molecule has 5 heteroatoms. The Morgan fingerprint density at radius 2 is 1.92 bits per heavy atom. The van der Waals surface area contributed by atoms with Crippen LogP contribution in [0.5, 0.6) is 0 Å². The van der Waals surface area contributed by atoms with Crippen LogP contribution in [0.2, 0.25) is 5.02 Å². The lowest BCUT2D eigenvalue weighted by atomic mass is 10.2. The first-order chi connectivity index (χ1) is 11.7. The van der Waals surface area contributed by atoms with Gasteiger partial charge in [-0.1, -0.05) is 41.9 Å². The minimum atomic E-state index is -0.183. The van der Waals surface area contributed by atoms with Crippen molar-refractivity contribution in [2.45, 2.75) is 18.4 Å². The van der Waals surface area contributed by atoms with E-state index in [-0.39, 0.29) is 5.97 Å². The number of fused-ring (bicyclic) bond motifs is 1. The highest BCUT2D eigenvalue weighted by molar-refractivity contribution is 8.00. The van der Waals surface area contributed by atoms with Gasteiger partial charge in [0.15, 0.2) is 0 Å². The first-order valence-electron chi connectivity index (χ1n) is 7.78. The fourth-order valence-corrected chi connectivity index (χ4v) is 3.60. The Hall–Kier alpha value is -1.91. The van der Waals surface area contributed by atoms with Crippen LogP contribution >= 0.6 is 23.4 Å². The van der Waals surface area contributed by atoms with Crippen LogP contribution in [0.1, 0.15) is 12.5 Å². The van der Waals surface area contributed by atoms with Crippen LogP contribution in [0, 0.1) is 0 Å². The molecular weight excluding hydrogens is 342 g/mol. The van der Waals surface area contributed by atoms with Crippen LogP contribution in [0.3, 0.4) is 0 Å². The molecule has 2 aromatic carbocycles. The number of aromatic nitrogens is 1. The zero-order valence-electron chi connectivity index (χ0n) is 13.4. The number of para-hydroxylation sites is 1. The van der Waals surface area contributed by atoms with Crippen molar-refractivity contribution in [1.29, 1.82) is 0 Å². The second kappa shape index (κ2) is 7.77. The average molecular weight is 360 g/mol. The van der Waals surface area contributed by atoms with Crippen LogP contribution < -0.4 is 0 Å². The zero-order chi connectivity index (χ0) is 16.9. The van der Waals surface area contributed by atoms with Crippen molar-refractivity contribution in [2.24, 2.45) is 0 Å². The van der Waals surface area contributed by atoms with Crippen molar-refractivity contribution in [3.8, 4) is 0 Å². The van der Waals surface area contributed by atoms with Gasteiger partial charge in [0.05, 0.1) is 12.4 Å². The molecule has 0 fully saturated rings. The molecule has 0 saturated carbocycles. The number of carbonyl (C=O) groups excluding carboxylic acids is 1. The van der Waals surface area contributed by atoms with Crippen LogP contribution in [0.25, 0.3) is 10.9 Å². The van der Waals surface area contributed by atoms with E-state index in [9.17, 15) is 4.79 Å². The minimum Gasteiger partial charge on any atom is -0.465 e. The molecule has 0 spiro atoms. The van der Waals surface area contributed by atoms with Crippen molar-refractivity contribution in [3.05, 3.63) is 65.3 Å². The minimum absolute atomic E-state index is 0.183. The zero-order valence-corrected chi connectivity index (χ0v) is 14.9. The number of nitrogens with zero attached hydrogens (tertiary/aromatic N) is 1. The Kier molecular flexibility index (Phi) is 5.48. The van der Waals surface area contributed by atoms with E-state index in [1.165, 1.54) is 17.3 Å². The van der Waals surface area contributed by atoms with Gasteiger partial charge in [-0.05, 0) is 30.7 Å². The fourth-order valence-electron chi connectivity index (χ4n) is 2.58. The Bertz CT molecular complexity index is 842. The van der Waals surface area contributed by atoms with Crippen molar-refractivity contribution >= 4 is 40.2 Å². The third-order valence-electron chi connectivity index (χ3n) is 3.67. The molecule has 0 bridgehead atoms. The molecule has 0 amide bonds. The molecule has 0 aliphatic heterocycles. The fraction of sp³-hybridized carbons (Fsp3) is 0.211. The lowest BCUT2D eigenvalue weighted by molar-refractivity contribution is -0.139. The number of hydrogen-bond acceptors (Lipinski definition) is 3. The quantitative estimate of drug-likeness (QED) is 0.458. The molecule has 124 valence electrons. The van der Waals surface area contributed by atoms with Gasteiger partial charge in [-0.2, -0.15) is 0 Å². The summed E-state index contributed by atoms with van der Waals surface area (Å²) in [5.74, 6) is 0.139. The van der Waals surface area contributed by atoms with Gasteiger partial charge in [0.25, 0.3) is 0 Å². The number of hydrogen-bond donors (Lipinski definition) is 0. The number of ether oxygens (including phenoxy) is 1. The second-order valence-electron chi connectivity index (χ2n) is 5.36. The number of esters is 1. The number of rotatable bonds is 6. The molecular formula is C19H18ClNO2S. The summed E-state index contributed by atoms with van der Waals surface area (Å²) in [5, 5.41) is 1.89. The third kappa shape index (κ3) is 3.94. The number of carbonyl (C=O) groups is 1. The van der Waals surface area contributed by atoms with Crippen LogP contribution in [0.15, 0.2) is 59.6 Å². The maximum absolute atomic E-state index is 11.6. The number of halogens is 1. The first-order valence-corrected chi connectivity index (χ1v) is 9.14. The van der Waals surface area contributed by atoms with E-state index in [4.69, 9.17) is 16.3 Å². The molecule has 3 nitrogen and oxygen atoms in total. The normalized spacial score (nSPS) is 10.9. The van der Waals surface area contributed by atoms with Gasteiger partial charge in [-0.25, -0.2) is 0 Å².